The van der Waals surface area contributed by atoms with Crippen molar-refractivity contribution in [3.8, 4) is 11.5 Å². The van der Waals surface area contributed by atoms with Crippen LogP contribution in [-0.2, 0) is 0 Å². The SMILES string of the molecule is COc1ccc(C(=O)N2CCN(C(=O)NC(C)C)CC2)c(OC)c1C. The summed E-state index contributed by atoms with van der Waals surface area (Å²) >= 11 is 0. The monoisotopic (exact) mass is 349 g/mol. The van der Waals surface area contributed by atoms with Crippen molar-refractivity contribution in [1.82, 2.24) is 15.1 Å². The number of carbonyl (C=O) groups is 2. The van der Waals surface area contributed by atoms with Crippen LogP contribution in [0.4, 0.5) is 4.79 Å². The number of amides is 3. The fourth-order valence-corrected chi connectivity index (χ4v) is 2.95. The van der Waals surface area contributed by atoms with Gasteiger partial charge in [-0.05, 0) is 32.9 Å². The second-order valence-corrected chi connectivity index (χ2v) is 6.36. The summed E-state index contributed by atoms with van der Waals surface area (Å²) in [5.41, 5.74) is 1.31. The van der Waals surface area contributed by atoms with E-state index in [1.807, 2.05) is 20.8 Å². The topological polar surface area (TPSA) is 71.1 Å². The van der Waals surface area contributed by atoms with Crippen molar-refractivity contribution < 1.29 is 19.1 Å². The first kappa shape index (κ1) is 18.9. The number of nitrogens with zero attached hydrogens (tertiary/aromatic N) is 2. The number of methoxy groups -OCH3 is 2. The summed E-state index contributed by atoms with van der Waals surface area (Å²) in [6.45, 7) is 7.75. The van der Waals surface area contributed by atoms with Crippen LogP contribution in [0.15, 0.2) is 12.1 Å². The molecule has 1 aliphatic heterocycles. The van der Waals surface area contributed by atoms with Gasteiger partial charge in [-0.3, -0.25) is 4.79 Å². The van der Waals surface area contributed by atoms with Gasteiger partial charge in [-0.1, -0.05) is 0 Å². The van der Waals surface area contributed by atoms with Crippen molar-refractivity contribution in [1.29, 1.82) is 0 Å². The Labute approximate surface area is 148 Å². The maximum Gasteiger partial charge on any atom is 0.317 e. The summed E-state index contributed by atoms with van der Waals surface area (Å²) < 4.78 is 10.7. The highest BCUT2D eigenvalue weighted by Crippen LogP contribution is 2.32. The van der Waals surface area contributed by atoms with Crippen molar-refractivity contribution in [3.63, 3.8) is 0 Å². The quantitative estimate of drug-likeness (QED) is 0.901. The van der Waals surface area contributed by atoms with Crippen LogP contribution < -0.4 is 14.8 Å². The number of rotatable bonds is 4. The van der Waals surface area contributed by atoms with E-state index in [-0.39, 0.29) is 18.0 Å². The Morgan fingerprint density at radius 3 is 2.16 bits per heavy atom. The van der Waals surface area contributed by atoms with Gasteiger partial charge in [0.05, 0.1) is 19.8 Å². The molecule has 25 heavy (non-hydrogen) atoms. The third kappa shape index (κ3) is 4.15. The first-order valence-electron chi connectivity index (χ1n) is 8.45. The molecule has 2 rings (SSSR count). The number of ether oxygens (including phenoxy) is 2. The lowest BCUT2D eigenvalue weighted by molar-refractivity contribution is 0.0660. The Morgan fingerprint density at radius 2 is 1.64 bits per heavy atom. The molecule has 1 fully saturated rings. The van der Waals surface area contributed by atoms with Crippen molar-refractivity contribution in [2.24, 2.45) is 0 Å². The fraction of sp³-hybridized carbons (Fsp3) is 0.556. The van der Waals surface area contributed by atoms with Crippen LogP contribution in [-0.4, -0.2) is 68.2 Å². The molecule has 0 bridgehead atoms. The first-order valence-corrected chi connectivity index (χ1v) is 8.45. The Morgan fingerprint density at radius 1 is 1.04 bits per heavy atom. The molecule has 7 heteroatoms. The van der Waals surface area contributed by atoms with Crippen LogP contribution in [0.1, 0.15) is 29.8 Å². The number of nitrogens with one attached hydrogen (secondary N) is 1. The smallest absolute Gasteiger partial charge is 0.317 e. The van der Waals surface area contributed by atoms with Gasteiger partial charge in [0.2, 0.25) is 0 Å². The molecule has 0 radical (unpaired) electrons. The molecule has 0 aromatic heterocycles. The zero-order valence-corrected chi connectivity index (χ0v) is 15.6. The van der Waals surface area contributed by atoms with E-state index in [0.29, 0.717) is 43.2 Å². The molecule has 138 valence electrons. The summed E-state index contributed by atoms with van der Waals surface area (Å²) in [5, 5.41) is 2.88. The van der Waals surface area contributed by atoms with Crippen LogP contribution in [0, 0.1) is 6.92 Å². The molecule has 1 aliphatic rings. The first-order chi connectivity index (χ1) is 11.9. The van der Waals surface area contributed by atoms with Gasteiger partial charge in [-0.25, -0.2) is 4.79 Å². The average molecular weight is 349 g/mol. The number of hydrogen-bond acceptors (Lipinski definition) is 4. The minimum Gasteiger partial charge on any atom is -0.496 e. The summed E-state index contributed by atoms with van der Waals surface area (Å²) in [5.74, 6) is 1.12. The van der Waals surface area contributed by atoms with E-state index in [1.165, 1.54) is 0 Å². The Kier molecular flexibility index (Phi) is 6.12. The third-order valence-electron chi connectivity index (χ3n) is 4.28. The van der Waals surface area contributed by atoms with Crippen molar-refractivity contribution in [3.05, 3.63) is 23.3 Å². The molecule has 0 spiro atoms. The molecule has 3 amide bonds. The third-order valence-corrected chi connectivity index (χ3v) is 4.28. The van der Waals surface area contributed by atoms with E-state index in [2.05, 4.69) is 5.32 Å². The van der Waals surface area contributed by atoms with Gasteiger partial charge in [0.1, 0.15) is 11.5 Å². The molecule has 0 aliphatic carbocycles. The highest BCUT2D eigenvalue weighted by Gasteiger charge is 2.27. The molecule has 7 nitrogen and oxygen atoms in total. The molecule has 0 atom stereocenters. The lowest BCUT2D eigenvalue weighted by Gasteiger charge is -2.35. The number of piperazine rings is 1. The van der Waals surface area contributed by atoms with Gasteiger partial charge in [0.25, 0.3) is 5.91 Å². The van der Waals surface area contributed by atoms with Crippen LogP contribution >= 0.6 is 0 Å². The van der Waals surface area contributed by atoms with Gasteiger partial charge in [-0.2, -0.15) is 0 Å². The van der Waals surface area contributed by atoms with Crippen molar-refractivity contribution >= 4 is 11.9 Å². The van der Waals surface area contributed by atoms with Gasteiger partial charge < -0.3 is 24.6 Å². The van der Waals surface area contributed by atoms with E-state index in [9.17, 15) is 9.59 Å². The zero-order chi connectivity index (χ0) is 18.6. The van der Waals surface area contributed by atoms with Gasteiger partial charge in [0, 0.05) is 37.8 Å². The molecular weight excluding hydrogens is 322 g/mol. The molecule has 1 heterocycles. The van der Waals surface area contributed by atoms with Crippen molar-refractivity contribution in [2.45, 2.75) is 26.8 Å². The number of urea groups is 1. The number of hydrogen-bond donors (Lipinski definition) is 1. The second kappa shape index (κ2) is 8.09. The van der Waals surface area contributed by atoms with Crippen LogP contribution in [0.2, 0.25) is 0 Å². The number of benzene rings is 1. The highest BCUT2D eigenvalue weighted by atomic mass is 16.5. The van der Waals surface area contributed by atoms with Gasteiger partial charge in [0.15, 0.2) is 0 Å². The van der Waals surface area contributed by atoms with E-state index >= 15 is 0 Å². The maximum absolute atomic E-state index is 12.9. The molecule has 1 saturated heterocycles. The predicted octanol–water partition coefficient (Wildman–Crippen LogP) is 1.89. The molecule has 1 aromatic carbocycles. The molecular formula is C18H27N3O4. The maximum atomic E-state index is 12.9. The lowest BCUT2D eigenvalue weighted by atomic mass is 10.1. The minimum atomic E-state index is -0.0912. The summed E-state index contributed by atoms with van der Waals surface area (Å²) in [7, 11) is 3.14. The molecule has 0 saturated carbocycles. The summed E-state index contributed by atoms with van der Waals surface area (Å²) in [6, 6.07) is 3.51. The Balaban J connectivity index is 2.08. The standard InChI is InChI=1S/C18H27N3O4/c1-12(2)19-18(23)21-10-8-20(9-11-21)17(22)14-6-7-15(24-4)13(3)16(14)25-5/h6-7,12H,8-11H2,1-5H3,(H,19,23). The van der Waals surface area contributed by atoms with E-state index < -0.39 is 0 Å². The molecule has 0 unspecified atom stereocenters. The van der Waals surface area contributed by atoms with Gasteiger partial charge in [-0.15, -0.1) is 0 Å². The highest BCUT2D eigenvalue weighted by molar-refractivity contribution is 5.98. The van der Waals surface area contributed by atoms with E-state index in [4.69, 9.17) is 9.47 Å². The predicted molar refractivity (Wildman–Crippen MR) is 95.4 cm³/mol. The molecule has 1 N–H and O–H groups in total. The minimum absolute atomic E-state index is 0.0834. The molecule has 1 aromatic rings. The normalized spacial score (nSPS) is 14.5. The second-order valence-electron chi connectivity index (χ2n) is 6.36. The summed E-state index contributed by atoms with van der Waals surface area (Å²) in [4.78, 5) is 28.4. The van der Waals surface area contributed by atoms with E-state index in [0.717, 1.165) is 5.56 Å². The Bertz CT molecular complexity index is 637. The number of carbonyl (C=O) groups excluding carboxylic acids is 2. The summed E-state index contributed by atoms with van der Waals surface area (Å²) in [6.07, 6.45) is 0. The fourth-order valence-electron chi connectivity index (χ4n) is 2.95. The largest absolute Gasteiger partial charge is 0.496 e. The zero-order valence-electron chi connectivity index (χ0n) is 15.6. The van der Waals surface area contributed by atoms with Crippen LogP contribution in [0.5, 0.6) is 11.5 Å². The Hall–Kier alpha value is -2.44. The van der Waals surface area contributed by atoms with Crippen molar-refractivity contribution in [2.75, 3.05) is 40.4 Å². The lowest BCUT2D eigenvalue weighted by Crippen LogP contribution is -2.54. The van der Waals surface area contributed by atoms with E-state index in [1.54, 1.807) is 36.2 Å². The van der Waals surface area contributed by atoms with Gasteiger partial charge >= 0.3 is 6.03 Å². The van der Waals surface area contributed by atoms with Crippen LogP contribution in [0.25, 0.3) is 0 Å². The average Bonchev–Trinajstić information content (AvgIpc) is 2.60. The van der Waals surface area contributed by atoms with Crippen LogP contribution in [0.3, 0.4) is 0 Å².